The number of benzene rings is 1. The van der Waals surface area contributed by atoms with Crippen LogP contribution in [0.5, 0.6) is 0 Å². The molecule has 4 rings (SSSR count). The van der Waals surface area contributed by atoms with E-state index in [1.807, 2.05) is 31.9 Å². The van der Waals surface area contributed by atoms with E-state index >= 15 is 0 Å². The van der Waals surface area contributed by atoms with Gasteiger partial charge in [-0.05, 0) is 36.5 Å². The summed E-state index contributed by atoms with van der Waals surface area (Å²) in [6.07, 6.45) is 7.03. The van der Waals surface area contributed by atoms with Crippen LogP contribution in [0.2, 0.25) is 0 Å². The zero-order valence-electron chi connectivity index (χ0n) is 17.3. The number of quaternary nitrogens is 1. The minimum Gasteiger partial charge on any atom is -0.342 e. The maximum atomic E-state index is 12.5. The van der Waals surface area contributed by atoms with Gasteiger partial charge in [-0.1, -0.05) is 32.9 Å². The molecule has 148 valence electrons. The number of nitrogens with zero attached hydrogens (tertiary/aromatic N) is 4. The lowest BCUT2D eigenvalue weighted by Crippen LogP contribution is -2.55. The molecule has 2 aliphatic heterocycles. The molecule has 0 bridgehead atoms. The van der Waals surface area contributed by atoms with Gasteiger partial charge in [-0.3, -0.25) is 9.28 Å². The number of aromatic nitrogens is 2. The number of likely N-dealkylation sites (tertiary alicyclic amines) is 1. The summed E-state index contributed by atoms with van der Waals surface area (Å²) in [6.45, 7) is 10.0. The molecule has 1 aromatic carbocycles. The van der Waals surface area contributed by atoms with Gasteiger partial charge in [-0.25, -0.2) is 0 Å². The Bertz CT molecular complexity index is 814. The van der Waals surface area contributed by atoms with Gasteiger partial charge in [-0.15, -0.1) is 0 Å². The lowest BCUT2D eigenvalue weighted by Gasteiger charge is -2.44. The van der Waals surface area contributed by atoms with E-state index in [0.717, 1.165) is 43.5 Å². The van der Waals surface area contributed by atoms with E-state index < -0.39 is 0 Å². The molecule has 28 heavy (non-hydrogen) atoms. The Hall–Kier alpha value is -2.27. The largest absolute Gasteiger partial charge is 0.342 e. The van der Waals surface area contributed by atoms with Gasteiger partial charge in [0.05, 0.1) is 19.3 Å². The van der Waals surface area contributed by atoms with Crippen LogP contribution in [0.4, 0.5) is 11.4 Å². The minimum absolute atomic E-state index is 0.275. The number of carbonyl (C=O) groups excluding carboxylic acids is 1. The Morgan fingerprint density at radius 1 is 1.00 bits per heavy atom. The molecule has 2 aromatic rings. The van der Waals surface area contributed by atoms with Crippen LogP contribution in [0.3, 0.4) is 0 Å². The summed E-state index contributed by atoms with van der Waals surface area (Å²) >= 11 is 0. The molecule has 5 nitrogen and oxygen atoms in total. The Morgan fingerprint density at radius 3 is 2.18 bits per heavy atom. The zero-order valence-corrected chi connectivity index (χ0v) is 17.3. The first-order valence-corrected chi connectivity index (χ1v) is 10.4. The first kappa shape index (κ1) is 19.1. The van der Waals surface area contributed by atoms with Gasteiger partial charge in [0, 0.05) is 31.0 Å². The van der Waals surface area contributed by atoms with Crippen molar-refractivity contribution in [2.75, 3.05) is 26.2 Å². The van der Waals surface area contributed by atoms with Gasteiger partial charge in [0.1, 0.15) is 11.9 Å². The van der Waals surface area contributed by atoms with E-state index in [0.29, 0.717) is 5.92 Å². The smallest absolute Gasteiger partial charge is 0.227 e. The lowest BCUT2D eigenvalue weighted by molar-refractivity contribution is -0.140. The molecule has 1 amide bonds. The average molecular weight is 380 g/mol. The van der Waals surface area contributed by atoms with Crippen molar-refractivity contribution in [3.63, 3.8) is 0 Å². The summed E-state index contributed by atoms with van der Waals surface area (Å²) in [5.74, 6) is 0.821. The van der Waals surface area contributed by atoms with Crippen LogP contribution in [-0.4, -0.2) is 47.2 Å². The summed E-state index contributed by atoms with van der Waals surface area (Å²) in [4.78, 5) is 14.5. The fourth-order valence-electron chi connectivity index (χ4n) is 4.60. The predicted molar refractivity (Wildman–Crippen MR) is 112 cm³/mol. The summed E-state index contributed by atoms with van der Waals surface area (Å²) in [5, 5.41) is 8.02. The van der Waals surface area contributed by atoms with Crippen molar-refractivity contribution in [3.05, 3.63) is 48.3 Å². The molecule has 0 unspecified atom stereocenters. The molecule has 5 heteroatoms. The van der Waals surface area contributed by atoms with E-state index in [1.54, 1.807) is 6.20 Å². The molecule has 0 saturated carbocycles. The van der Waals surface area contributed by atoms with Gasteiger partial charge < -0.3 is 4.90 Å². The Balaban J connectivity index is 1.45. The summed E-state index contributed by atoms with van der Waals surface area (Å²) in [6, 6.07) is 11.3. The topological polar surface area (TPSA) is 46.1 Å². The quantitative estimate of drug-likeness (QED) is 0.748. The lowest BCUT2D eigenvalue weighted by atomic mass is 9.87. The third-order valence-electron chi connectivity index (χ3n) is 6.43. The molecule has 2 aliphatic rings. The molecule has 0 atom stereocenters. The number of hydrogen-bond donors (Lipinski definition) is 0. The van der Waals surface area contributed by atoms with Gasteiger partial charge in [0.2, 0.25) is 5.91 Å². The van der Waals surface area contributed by atoms with Crippen molar-refractivity contribution in [2.45, 2.75) is 46.0 Å². The van der Waals surface area contributed by atoms with E-state index in [9.17, 15) is 4.79 Å². The van der Waals surface area contributed by atoms with Crippen LogP contribution in [0, 0.1) is 5.41 Å². The third kappa shape index (κ3) is 3.44. The van der Waals surface area contributed by atoms with E-state index in [1.165, 1.54) is 23.4 Å². The van der Waals surface area contributed by atoms with E-state index in [-0.39, 0.29) is 11.3 Å². The first-order valence-electron chi connectivity index (χ1n) is 10.4. The van der Waals surface area contributed by atoms with Crippen molar-refractivity contribution >= 4 is 17.3 Å². The summed E-state index contributed by atoms with van der Waals surface area (Å²) < 4.78 is 0.883. The highest BCUT2D eigenvalue weighted by Gasteiger charge is 2.40. The molecule has 0 radical (unpaired) electrons. The normalized spacial score (nSPS) is 19.9. The standard InChI is InChI=1S/C23H31N4O/c1-23(2,3)22(28)26-13-10-19(11-14-26)18-5-7-20(8-6-18)27(15-4-16-27)21-9-12-24-25-17-21/h5-9,12,17,19H,4,10-11,13-16H2,1-3H3/q+1. The van der Waals surface area contributed by atoms with Crippen molar-refractivity contribution in [2.24, 2.45) is 5.41 Å². The number of carbonyl (C=O) groups is 1. The first-order chi connectivity index (χ1) is 13.4. The molecule has 0 aliphatic carbocycles. The second kappa shape index (κ2) is 7.28. The number of hydrogen-bond acceptors (Lipinski definition) is 3. The van der Waals surface area contributed by atoms with Crippen LogP contribution >= 0.6 is 0 Å². The van der Waals surface area contributed by atoms with Gasteiger partial charge in [0.25, 0.3) is 0 Å². The fourth-order valence-corrected chi connectivity index (χ4v) is 4.60. The predicted octanol–water partition coefficient (Wildman–Crippen LogP) is 4.27. The maximum absolute atomic E-state index is 12.5. The number of rotatable bonds is 3. The van der Waals surface area contributed by atoms with Crippen molar-refractivity contribution < 1.29 is 4.79 Å². The van der Waals surface area contributed by atoms with E-state index in [2.05, 4.69) is 40.5 Å². The van der Waals surface area contributed by atoms with Crippen molar-refractivity contribution in [3.8, 4) is 0 Å². The van der Waals surface area contributed by atoms with Crippen molar-refractivity contribution in [1.82, 2.24) is 19.6 Å². The third-order valence-corrected chi connectivity index (χ3v) is 6.43. The molecule has 1 aromatic heterocycles. The van der Waals surface area contributed by atoms with E-state index in [4.69, 9.17) is 0 Å². The van der Waals surface area contributed by atoms with Crippen LogP contribution in [0.25, 0.3) is 0 Å². The van der Waals surface area contributed by atoms with Gasteiger partial charge >= 0.3 is 0 Å². The Morgan fingerprint density at radius 2 is 1.68 bits per heavy atom. The highest BCUT2D eigenvalue weighted by Crippen LogP contribution is 2.40. The second-order valence-corrected chi connectivity index (χ2v) is 9.28. The molecule has 3 heterocycles. The van der Waals surface area contributed by atoms with Crippen LogP contribution in [-0.2, 0) is 4.79 Å². The van der Waals surface area contributed by atoms with Gasteiger partial charge in [-0.2, -0.15) is 10.2 Å². The highest BCUT2D eigenvalue weighted by molar-refractivity contribution is 5.81. The average Bonchev–Trinajstić information content (AvgIpc) is 2.67. The van der Waals surface area contributed by atoms with Crippen molar-refractivity contribution in [1.29, 1.82) is 0 Å². The Kier molecular flexibility index (Phi) is 4.96. The fraction of sp³-hybridized carbons (Fsp3) is 0.522. The maximum Gasteiger partial charge on any atom is 0.227 e. The number of amides is 1. The Labute approximate surface area is 168 Å². The molecular formula is C23H31N4O+. The van der Waals surface area contributed by atoms with Gasteiger partial charge in [0.15, 0.2) is 5.69 Å². The van der Waals surface area contributed by atoms with Crippen LogP contribution < -0.4 is 4.48 Å². The van der Waals surface area contributed by atoms with Crippen LogP contribution in [0.15, 0.2) is 42.7 Å². The summed E-state index contributed by atoms with van der Waals surface area (Å²) in [5.41, 5.74) is 3.68. The zero-order chi connectivity index (χ0) is 19.8. The SMILES string of the molecule is CC(C)(C)C(=O)N1CCC(c2ccc([N+]3(c4ccnnc4)CCC3)cc2)CC1. The van der Waals surface area contributed by atoms with Crippen LogP contribution in [0.1, 0.15) is 51.5 Å². The molecule has 2 fully saturated rings. The molecular weight excluding hydrogens is 348 g/mol. The number of piperidine rings is 1. The second-order valence-electron chi connectivity index (χ2n) is 9.28. The molecule has 0 N–H and O–H groups in total. The monoisotopic (exact) mass is 379 g/mol. The molecule has 0 spiro atoms. The minimum atomic E-state index is -0.286. The molecule has 2 saturated heterocycles. The summed E-state index contributed by atoms with van der Waals surface area (Å²) in [7, 11) is 0. The highest BCUT2D eigenvalue weighted by atomic mass is 16.2.